The van der Waals surface area contributed by atoms with Crippen LogP contribution in [0.25, 0.3) is 0 Å². The monoisotopic (exact) mass is 206 g/mol. The Bertz CT molecular complexity index is 200. The molecule has 0 bridgehead atoms. The van der Waals surface area contributed by atoms with Crippen molar-refractivity contribution in [3.05, 3.63) is 0 Å². The first-order valence-electron chi connectivity index (χ1n) is 3.39. The zero-order chi connectivity index (χ0) is 10.3. The van der Waals surface area contributed by atoms with E-state index in [1.165, 1.54) is 0 Å². The summed E-state index contributed by atoms with van der Waals surface area (Å²) in [5.41, 5.74) is -6.53. The van der Waals surface area contributed by atoms with Crippen LogP contribution in [0.1, 0.15) is 0 Å². The molecule has 2 unspecified atom stereocenters. The summed E-state index contributed by atoms with van der Waals surface area (Å²) >= 11 is 0. The van der Waals surface area contributed by atoms with Crippen LogP contribution in [0.3, 0.4) is 0 Å². The third-order valence-electron chi connectivity index (χ3n) is 2.10. The fraction of sp³-hybridized carbons (Fsp3) is 1.00. The van der Waals surface area contributed by atoms with E-state index in [-0.39, 0.29) is 0 Å². The lowest BCUT2D eigenvalue weighted by Crippen LogP contribution is -2.56. The van der Waals surface area contributed by atoms with Crippen LogP contribution in [0.2, 0.25) is 0 Å². The number of hydrogen-bond donors (Lipinski definition) is 1. The molecule has 1 N–H and O–H groups in total. The van der Waals surface area contributed by atoms with Gasteiger partial charge in [0.05, 0.1) is 13.2 Å². The summed E-state index contributed by atoms with van der Waals surface area (Å²) in [7, 11) is 0. The van der Waals surface area contributed by atoms with Gasteiger partial charge in [-0.2, -0.15) is 13.2 Å². The average Bonchev–Trinajstić information content (AvgIpc) is 2.81. The number of epoxide rings is 1. The molecular weight excluding hydrogens is 199 g/mol. The standard InChI is InChI=1S/C6H7F5O2/c7-1-5(8,6(9,10)11)4(2-12)3-13-4/h12H,1-3H2. The molecule has 0 aromatic carbocycles. The van der Waals surface area contributed by atoms with Gasteiger partial charge in [0, 0.05) is 0 Å². The van der Waals surface area contributed by atoms with Crippen molar-refractivity contribution in [3.8, 4) is 0 Å². The van der Waals surface area contributed by atoms with Crippen molar-refractivity contribution >= 4 is 0 Å². The second-order valence-corrected chi connectivity index (χ2v) is 2.87. The van der Waals surface area contributed by atoms with E-state index in [0.717, 1.165) is 0 Å². The number of alkyl halides is 5. The van der Waals surface area contributed by atoms with E-state index in [1.807, 2.05) is 0 Å². The Morgan fingerprint density at radius 2 is 1.77 bits per heavy atom. The molecule has 7 heteroatoms. The zero-order valence-electron chi connectivity index (χ0n) is 6.37. The molecule has 1 saturated heterocycles. The largest absolute Gasteiger partial charge is 0.428 e. The molecule has 2 atom stereocenters. The van der Waals surface area contributed by atoms with Gasteiger partial charge in [0.2, 0.25) is 0 Å². The molecule has 13 heavy (non-hydrogen) atoms. The lowest BCUT2D eigenvalue weighted by molar-refractivity contribution is -0.259. The molecule has 0 saturated carbocycles. The average molecular weight is 206 g/mol. The Kier molecular flexibility index (Phi) is 2.28. The quantitative estimate of drug-likeness (QED) is 0.551. The molecule has 0 aliphatic carbocycles. The summed E-state index contributed by atoms with van der Waals surface area (Å²) in [6.45, 7) is -4.06. The van der Waals surface area contributed by atoms with Gasteiger partial charge in [-0.3, -0.25) is 0 Å². The Balaban J connectivity index is 2.94. The Morgan fingerprint density at radius 1 is 1.31 bits per heavy atom. The second kappa shape index (κ2) is 2.78. The molecule has 0 aromatic rings. The minimum Gasteiger partial charge on any atom is -0.393 e. The highest BCUT2D eigenvalue weighted by Gasteiger charge is 2.75. The van der Waals surface area contributed by atoms with Gasteiger partial charge in [-0.05, 0) is 0 Å². The predicted octanol–water partition coefficient (Wildman–Crippen LogP) is 0.988. The van der Waals surface area contributed by atoms with Crippen molar-refractivity contribution < 1.29 is 31.8 Å². The number of ether oxygens (including phenoxy) is 1. The first-order valence-corrected chi connectivity index (χ1v) is 3.39. The Hall–Kier alpha value is -0.430. The Labute approximate surface area is 70.3 Å². The SMILES string of the molecule is OCC1(C(F)(CF)C(F)(F)F)CO1. The maximum atomic E-state index is 13.1. The van der Waals surface area contributed by atoms with Crippen LogP contribution < -0.4 is 0 Å². The van der Waals surface area contributed by atoms with Gasteiger partial charge < -0.3 is 9.84 Å². The van der Waals surface area contributed by atoms with Gasteiger partial charge in [-0.1, -0.05) is 0 Å². The summed E-state index contributed by atoms with van der Waals surface area (Å²) in [4.78, 5) is 0. The summed E-state index contributed by atoms with van der Waals surface area (Å²) in [6, 6.07) is 0. The minimum absolute atomic E-state index is 0.622. The number of aliphatic hydroxyl groups is 1. The summed E-state index contributed by atoms with van der Waals surface area (Å²) in [5, 5.41) is 8.45. The molecule has 1 rings (SSSR count). The van der Waals surface area contributed by atoms with Crippen LogP contribution in [0, 0.1) is 0 Å². The molecule has 1 heterocycles. The summed E-state index contributed by atoms with van der Waals surface area (Å²) in [6.07, 6.45) is -5.37. The Morgan fingerprint density at radius 3 is 1.85 bits per heavy atom. The molecular formula is C6H7F5O2. The van der Waals surface area contributed by atoms with E-state index >= 15 is 0 Å². The number of rotatable bonds is 3. The zero-order valence-corrected chi connectivity index (χ0v) is 6.37. The lowest BCUT2D eigenvalue weighted by atomic mass is 9.90. The van der Waals surface area contributed by atoms with Crippen LogP contribution in [0.4, 0.5) is 22.0 Å². The third kappa shape index (κ3) is 1.30. The molecule has 78 valence electrons. The molecule has 2 nitrogen and oxygen atoms in total. The summed E-state index contributed by atoms with van der Waals surface area (Å²) in [5.74, 6) is 0. The van der Waals surface area contributed by atoms with Crippen molar-refractivity contribution in [2.45, 2.75) is 17.4 Å². The second-order valence-electron chi connectivity index (χ2n) is 2.87. The molecule has 1 aliphatic rings. The van der Waals surface area contributed by atoms with E-state index in [9.17, 15) is 22.0 Å². The van der Waals surface area contributed by atoms with Crippen LogP contribution in [0.5, 0.6) is 0 Å². The van der Waals surface area contributed by atoms with Crippen molar-refractivity contribution in [1.29, 1.82) is 0 Å². The van der Waals surface area contributed by atoms with Gasteiger partial charge in [0.25, 0.3) is 5.67 Å². The first-order chi connectivity index (χ1) is 5.83. The highest BCUT2D eigenvalue weighted by Crippen LogP contribution is 2.50. The lowest BCUT2D eigenvalue weighted by Gasteiger charge is -2.29. The first kappa shape index (κ1) is 10.6. The van der Waals surface area contributed by atoms with E-state index in [2.05, 4.69) is 4.74 Å². The number of halogens is 5. The van der Waals surface area contributed by atoms with Crippen molar-refractivity contribution in [2.24, 2.45) is 0 Å². The molecule has 0 radical (unpaired) electrons. The topological polar surface area (TPSA) is 32.8 Å². The predicted molar refractivity (Wildman–Crippen MR) is 31.6 cm³/mol. The highest BCUT2D eigenvalue weighted by atomic mass is 19.4. The van der Waals surface area contributed by atoms with E-state index in [1.54, 1.807) is 0 Å². The van der Waals surface area contributed by atoms with Crippen LogP contribution >= 0.6 is 0 Å². The van der Waals surface area contributed by atoms with Crippen LogP contribution in [-0.4, -0.2) is 42.4 Å². The van der Waals surface area contributed by atoms with Crippen molar-refractivity contribution in [1.82, 2.24) is 0 Å². The van der Waals surface area contributed by atoms with Gasteiger partial charge >= 0.3 is 6.18 Å². The number of aliphatic hydroxyl groups excluding tert-OH is 1. The van der Waals surface area contributed by atoms with Gasteiger partial charge in [0.15, 0.2) is 5.60 Å². The molecule has 0 amide bonds. The highest BCUT2D eigenvalue weighted by molar-refractivity contribution is 5.13. The van der Waals surface area contributed by atoms with Crippen LogP contribution in [0.15, 0.2) is 0 Å². The van der Waals surface area contributed by atoms with Gasteiger partial charge in [-0.25, -0.2) is 8.78 Å². The van der Waals surface area contributed by atoms with E-state index < -0.39 is 37.3 Å². The van der Waals surface area contributed by atoms with Crippen LogP contribution in [-0.2, 0) is 4.74 Å². The fourth-order valence-electron chi connectivity index (χ4n) is 0.988. The number of hydrogen-bond acceptors (Lipinski definition) is 2. The fourth-order valence-corrected chi connectivity index (χ4v) is 0.988. The van der Waals surface area contributed by atoms with E-state index in [0.29, 0.717) is 0 Å². The molecule has 0 spiro atoms. The normalized spacial score (nSPS) is 32.8. The minimum atomic E-state index is -5.37. The molecule has 1 fully saturated rings. The van der Waals surface area contributed by atoms with Crippen molar-refractivity contribution in [2.75, 3.05) is 19.9 Å². The van der Waals surface area contributed by atoms with Gasteiger partial charge in [-0.15, -0.1) is 0 Å². The third-order valence-corrected chi connectivity index (χ3v) is 2.10. The maximum absolute atomic E-state index is 13.1. The molecule has 1 aliphatic heterocycles. The van der Waals surface area contributed by atoms with Gasteiger partial charge in [0.1, 0.15) is 6.67 Å². The van der Waals surface area contributed by atoms with Crippen molar-refractivity contribution in [3.63, 3.8) is 0 Å². The summed E-state index contributed by atoms with van der Waals surface area (Å²) < 4.78 is 65.3. The maximum Gasteiger partial charge on any atom is 0.428 e. The smallest absolute Gasteiger partial charge is 0.393 e. The molecule has 0 aromatic heterocycles. The van der Waals surface area contributed by atoms with E-state index in [4.69, 9.17) is 5.11 Å².